The van der Waals surface area contributed by atoms with Gasteiger partial charge in [-0.05, 0) is 36.8 Å². The van der Waals surface area contributed by atoms with Gasteiger partial charge in [-0.25, -0.2) is 0 Å². The van der Waals surface area contributed by atoms with Crippen LogP contribution in [-0.4, -0.2) is 16.0 Å². The van der Waals surface area contributed by atoms with Gasteiger partial charge in [0, 0.05) is 34.0 Å². The summed E-state index contributed by atoms with van der Waals surface area (Å²) in [7, 11) is 0. The lowest BCUT2D eigenvalue weighted by atomic mass is 9.89. The zero-order valence-electron chi connectivity index (χ0n) is 10.9. The molecule has 2 heterocycles. The average molecular weight is 333 g/mol. The largest absolute Gasteiger partial charge is 0.375 e. The van der Waals surface area contributed by atoms with E-state index in [1.54, 1.807) is 18.3 Å². The molecular weight excluding hydrogens is 320 g/mol. The first-order chi connectivity index (χ1) is 9.50. The summed E-state index contributed by atoms with van der Waals surface area (Å²) in [5, 5.41) is 13.6. The van der Waals surface area contributed by atoms with Gasteiger partial charge in [0.05, 0.1) is 0 Å². The number of aryl methyl sites for hydroxylation is 1. The first kappa shape index (κ1) is 13.3. The summed E-state index contributed by atoms with van der Waals surface area (Å²) in [6.45, 7) is 1.92. The second-order valence-electron chi connectivity index (χ2n) is 4.95. The number of hydrogen-bond donors (Lipinski definition) is 2. The molecule has 1 aromatic heterocycles. The fraction of sp³-hybridized carbons (Fsp3) is 0.200. The summed E-state index contributed by atoms with van der Waals surface area (Å²) in [5.41, 5.74) is 1.34. The monoisotopic (exact) mass is 332 g/mol. The van der Waals surface area contributed by atoms with E-state index < -0.39 is 11.5 Å². The molecule has 0 radical (unpaired) electrons. The smallest absolute Gasteiger partial charge is 0.261 e. The van der Waals surface area contributed by atoms with Crippen LogP contribution in [-0.2, 0) is 16.8 Å². The van der Waals surface area contributed by atoms with Crippen LogP contribution in [0.1, 0.15) is 16.8 Å². The third kappa shape index (κ3) is 2.03. The number of pyridine rings is 1. The van der Waals surface area contributed by atoms with Gasteiger partial charge in [-0.2, -0.15) is 0 Å². The van der Waals surface area contributed by atoms with Crippen LogP contribution in [0.2, 0.25) is 0 Å². The number of rotatable bonds is 2. The highest BCUT2D eigenvalue weighted by Crippen LogP contribution is 2.39. The van der Waals surface area contributed by atoms with Gasteiger partial charge in [0.25, 0.3) is 5.91 Å². The molecule has 2 N–H and O–H groups in total. The maximum atomic E-state index is 12.2. The van der Waals surface area contributed by atoms with Gasteiger partial charge in [0.2, 0.25) is 0 Å². The highest BCUT2D eigenvalue weighted by molar-refractivity contribution is 9.10. The molecule has 0 bridgehead atoms. The maximum Gasteiger partial charge on any atom is 0.261 e. The summed E-state index contributed by atoms with van der Waals surface area (Å²) < 4.78 is 0.823. The molecular formula is C15H13BrN2O2. The molecule has 102 valence electrons. The number of aromatic nitrogens is 1. The predicted octanol–water partition coefficient (Wildman–Crippen LogP) is 2.53. The lowest BCUT2D eigenvalue weighted by Gasteiger charge is -2.21. The lowest BCUT2D eigenvalue weighted by molar-refractivity contribution is -0.133. The number of halogens is 1. The minimum atomic E-state index is -1.57. The van der Waals surface area contributed by atoms with Gasteiger partial charge in [-0.1, -0.05) is 22.0 Å². The third-order valence-corrected chi connectivity index (χ3v) is 4.09. The number of nitrogens with one attached hydrogen (secondary N) is 1. The zero-order chi connectivity index (χ0) is 14.3. The summed E-state index contributed by atoms with van der Waals surface area (Å²) in [4.78, 5) is 16.4. The number of aliphatic hydroxyl groups is 1. The highest BCUT2D eigenvalue weighted by atomic mass is 79.9. The summed E-state index contributed by atoms with van der Waals surface area (Å²) in [6, 6.07) is 9.13. The molecule has 1 aliphatic heterocycles. The van der Waals surface area contributed by atoms with Crippen LogP contribution in [0.3, 0.4) is 0 Å². The first-order valence-corrected chi connectivity index (χ1v) is 7.04. The van der Waals surface area contributed by atoms with Gasteiger partial charge in [0.1, 0.15) is 0 Å². The predicted molar refractivity (Wildman–Crippen MR) is 79.3 cm³/mol. The Hall–Kier alpha value is -1.72. The van der Waals surface area contributed by atoms with Crippen LogP contribution in [0.25, 0.3) is 0 Å². The Morgan fingerprint density at radius 1 is 1.40 bits per heavy atom. The molecule has 1 aromatic carbocycles. The molecule has 5 heteroatoms. The van der Waals surface area contributed by atoms with E-state index in [-0.39, 0.29) is 6.42 Å². The molecule has 0 fully saturated rings. The van der Waals surface area contributed by atoms with Crippen molar-refractivity contribution in [2.45, 2.75) is 18.9 Å². The minimum absolute atomic E-state index is 0.162. The third-order valence-electron chi connectivity index (χ3n) is 3.59. The SMILES string of the molecule is Cc1cccnc1CC1(O)C(=O)Nc2ccc(Br)cc21. The molecule has 3 rings (SSSR count). The van der Waals surface area contributed by atoms with E-state index in [2.05, 4.69) is 26.2 Å². The van der Waals surface area contributed by atoms with Crippen LogP contribution in [0.15, 0.2) is 41.0 Å². The van der Waals surface area contributed by atoms with Crippen LogP contribution in [0.4, 0.5) is 5.69 Å². The molecule has 1 amide bonds. The number of fused-ring (bicyclic) bond motifs is 1. The number of anilines is 1. The zero-order valence-corrected chi connectivity index (χ0v) is 12.4. The van der Waals surface area contributed by atoms with Gasteiger partial charge < -0.3 is 10.4 Å². The number of nitrogens with zero attached hydrogens (tertiary/aromatic N) is 1. The van der Waals surface area contributed by atoms with Gasteiger partial charge in [0.15, 0.2) is 5.60 Å². The van der Waals surface area contributed by atoms with Gasteiger partial charge in [-0.3, -0.25) is 9.78 Å². The Morgan fingerprint density at radius 2 is 2.20 bits per heavy atom. The Kier molecular flexibility index (Phi) is 3.11. The van der Waals surface area contributed by atoms with Crippen LogP contribution < -0.4 is 5.32 Å². The van der Waals surface area contributed by atoms with Crippen molar-refractivity contribution in [2.75, 3.05) is 5.32 Å². The molecule has 20 heavy (non-hydrogen) atoms. The Morgan fingerprint density at radius 3 is 2.95 bits per heavy atom. The molecule has 0 saturated carbocycles. The van der Waals surface area contributed by atoms with E-state index in [4.69, 9.17) is 0 Å². The first-order valence-electron chi connectivity index (χ1n) is 6.25. The van der Waals surface area contributed by atoms with E-state index >= 15 is 0 Å². The highest BCUT2D eigenvalue weighted by Gasteiger charge is 2.45. The second-order valence-corrected chi connectivity index (χ2v) is 5.86. The van der Waals surface area contributed by atoms with Crippen molar-refractivity contribution in [3.63, 3.8) is 0 Å². The molecule has 4 nitrogen and oxygen atoms in total. The quantitative estimate of drug-likeness (QED) is 0.888. The Bertz CT molecular complexity index is 702. The fourth-order valence-electron chi connectivity index (χ4n) is 2.44. The second kappa shape index (κ2) is 4.68. The maximum absolute atomic E-state index is 12.2. The minimum Gasteiger partial charge on any atom is -0.375 e. The van der Waals surface area contributed by atoms with E-state index in [0.717, 1.165) is 15.7 Å². The van der Waals surface area contributed by atoms with E-state index in [0.29, 0.717) is 11.3 Å². The van der Waals surface area contributed by atoms with E-state index in [1.807, 2.05) is 25.1 Å². The normalized spacial score (nSPS) is 20.6. The fourth-order valence-corrected chi connectivity index (χ4v) is 2.80. The van der Waals surface area contributed by atoms with Gasteiger partial charge >= 0.3 is 0 Å². The van der Waals surface area contributed by atoms with Crippen molar-refractivity contribution in [1.82, 2.24) is 4.98 Å². The molecule has 0 spiro atoms. The van der Waals surface area contributed by atoms with Crippen LogP contribution in [0, 0.1) is 6.92 Å². The topological polar surface area (TPSA) is 62.2 Å². The lowest BCUT2D eigenvalue weighted by Crippen LogP contribution is -2.37. The average Bonchev–Trinajstić information content (AvgIpc) is 2.65. The molecule has 1 atom stereocenters. The summed E-state index contributed by atoms with van der Waals surface area (Å²) in [5.74, 6) is -0.407. The van der Waals surface area contributed by atoms with Crippen LogP contribution in [0.5, 0.6) is 0 Å². The standard InChI is InChI=1S/C15H13BrN2O2/c1-9-3-2-6-17-13(9)8-15(20)11-7-10(16)4-5-12(11)18-14(15)19/h2-7,20H,8H2,1H3,(H,18,19). The van der Waals surface area contributed by atoms with Crippen molar-refractivity contribution >= 4 is 27.5 Å². The molecule has 0 saturated heterocycles. The number of amides is 1. The molecule has 1 unspecified atom stereocenters. The van der Waals surface area contributed by atoms with E-state index in [1.165, 1.54) is 0 Å². The Balaban J connectivity index is 2.07. The van der Waals surface area contributed by atoms with Crippen molar-refractivity contribution in [3.8, 4) is 0 Å². The summed E-state index contributed by atoms with van der Waals surface area (Å²) >= 11 is 3.37. The Labute approximate surface area is 125 Å². The number of carbonyl (C=O) groups is 1. The summed E-state index contributed by atoms with van der Waals surface area (Å²) in [6.07, 6.45) is 1.83. The van der Waals surface area contributed by atoms with Crippen molar-refractivity contribution in [3.05, 3.63) is 57.8 Å². The number of hydrogen-bond acceptors (Lipinski definition) is 3. The van der Waals surface area contributed by atoms with E-state index in [9.17, 15) is 9.90 Å². The van der Waals surface area contributed by atoms with Crippen molar-refractivity contribution < 1.29 is 9.90 Å². The van der Waals surface area contributed by atoms with Crippen molar-refractivity contribution in [1.29, 1.82) is 0 Å². The van der Waals surface area contributed by atoms with Gasteiger partial charge in [-0.15, -0.1) is 0 Å². The van der Waals surface area contributed by atoms with Crippen LogP contribution >= 0.6 is 15.9 Å². The van der Waals surface area contributed by atoms with Crippen molar-refractivity contribution in [2.24, 2.45) is 0 Å². The molecule has 0 aliphatic carbocycles. The number of benzene rings is 1. The number of carbonyl (C=O) groups excluding carboxylic acids is 1. The molecule has 2 aromatic rings. The molecule has 1 aliphatic rings.